The summed E-state index contributed by atoms with van der Waals surface area (Å²) in [7, 11) is 1.81. The van der Waals surface area contributed by atoms with E-state index in [1.807, 2.05) is 55.6 Å². The van der Waals surface area contributed by atoms with Crippen molar-refractivity contribution in [3.63, 3.8) is 0 Å². The maximum absolute atomic E-state index is 12.5. The van der Waals surface area contributed by atoms with Gasteiger partial charge in [-0.15, -0.1) is 10.2 Å². The molecule has 0 bridgehead atoms. The van der Waals surface area contributed by atoms with Crippen LogP contribution in [0.2, 0.25) is 0 Å². The Labute approximate surface area is 155 Å². The van der Waals surface area contributed by atoms with E-state index >= 15 is 0 Å². The number of carbonyl (C=O) groups is 1. The molecule has 2 aromatic carbocycles. The van der Waals surface area contributed by atoms with E-state index in [0.717, 1.165) is 28.0 Å². The molecule has 0 radical (unpaired) electrons. The fraction of sp³-hybridized carbons (Fsp3) is 0.211. The van der Waals surface area contributed by atoms with Gasteiger partial charge in [-0.05, 0) is 29.0 Å². The van der Waals surface area contributed by atoms with Gasteiger partial charge >= 0.3 is 0 Å². The van der Waals surface area contributed by atoms with Gasteiger partial charge in [-0.3, -0.25) is 4.79 Å². The largest absolute Gasteiger partial charge is 0.342 e. The van der Waals surface area contributed by atoms with Crippen molar-refractivity contribution in [3.8, 4) is 11.4 Å². The van der Waals surface area contributed by atoms with E-state index in [-0.39, 0.29) is 5.91 Å². The van der Waals surface area contributed by atoms with Gasteiger partial charge in [0.25, 0.3) is 0 Å². The number of rotatable bonds is 6. The smallest absolute Gasteiger partial charge is 0.223 e. The van der Waals surface area contributed by atoms with Crippen molar-refractivity contribution in [2.75, 3.05) is 7.05 Å². The monoisotopic (exact) mass is 361 g/mol. The van der Waals surface area contributed by atoms with Crippen molar-refractivity contribution >= 4 is 16.9 Å². The van der Waals surface area contributed by atoms with Gasteiger partial charge in [-0.2, -0.15) is 5.21 Å². The zero-order valence-electron chi connectivity index (χ0n) is 14.9. The zero-order valence-corrected chi connectivity index (χ0v) is 14.9. The third-order valence-corrected chi connectivity index (χ3v) is 4.39. The number of fused-ring (bicyclic) bond motifs is 1. The molecule has 0 aliphatic heterocycles. The Morgan fingerprint density at radius 1 is 1.15 bits per heavy atom. The van der Waals surface area contributed by atoms with E-state index in [9.17, 15) is 4.79 Å². The number of benzene rings is 2. The van der Waals surface area contributed by atoms with Crippen molar-refractivity contribution in [2.45, 2.75) is 19.4 Å². The number of tetrazole rings is 1. The maximum atomic E-state index is 12.5. The van der Waals surface area contributed by atoms with E-state index in [1.54, 1.807) is 4.90 Å². The van der Waals surface area contributed by atoms with E-state index in [2.05, 4.69) is 30.6 Å². The summed E-state index contributed by atoms with van der Waals surface area (Å²) in [5, 5.41) is 14.0. The molecule has 0 saturated carbocycles. The number of aromatic amines is 2. The summed E-state index contributed by atoms with van der Waals surface area (Å²) in [5.41, 5.74) is 3.79. The maximum Gasteiger partial charge on any atom is 0.223 e. The SMILES string of the molecule is CN(Cc1cccc(-c2nn[nH]n2)c1)C(=O)CCc1nc2ccccc2[nH]1. The summed E-state index contributed by atoms with van der Waals surface area (Å²) in [5.74, 6) is 1.44. The Morgan fingerprint density at radius 2 is 2.04 bits per heavy atom. The molecule has 2 N–H and O–H groups in total. The minimum absolute atomic E-state index is 0.0698. The van der Waals surface area contributed by atoms with E-state index in [4.69, 9.17) is 0 Å². The molecule has 0 aliphatic carbocycles. The number of nitrogens with one attached hydrogen (secondary N) is 2. The van der Waals surface area contributed by atoms with Gasteiger partial charge in [0.1, 0.15) is 5.82 Å². The van der Waals surface area contributed by atoms with Crippen molar-refractivity contribution in [3.05, 3.63) is 59.9 Å². The molecule has 8 heteroatoms. The molecule has 2 heterocycles. The minimum Gasteiger partial charge on any atom is -0.342 e. The molecule has 27 heavy (non-hydrogen) atoms. The first kappa shape index (κ1) is 16.9. The van der Waals surface area contributed by atoms with Crippen molar-refractivity contribution in [2.24, 2.45) is 0 Å². The number of para-hydroxylation sites is 2. The molecule has 0 aliphatic rings. The van der Waals surface area contributed by atoms with Crippen LogP contribution < -0.4 is 0 Å². The molecule has 136 valence electrons. The average Bonchev–Trinajstić information content (AvgIpc) is 3.35. The van der Waals surface area contributed by atoms with E-state index in [0.29, 0.717) is 25.2 Å². The van der Waals surface area contributed by atoms with Crippen molar-refractivity contribution < 1.29 is 4.79 Å². The number of imidazole rings is 1. The quantitative estimate of drug-likeness (QED) is 0.549. The summed E-state index contributed by atoms with van der Waals surface area (Å²) in [6.45, 7) is 0.519. The highest BCUT2D eigenvalue weighted by molar-refractivity contribution is 5.77. The molecular formula is C19H19N7O. The number of H-pyrrole nitrogens is 2. The number of carbonyl (C=O) groups excluding carboxylic acids is 1. The van der Waals surface area contributed by atoms with Gasteiger partial charge in [0.15, 0.2) is 0 Å². The normalized spacial score (nSPS) is 11.0. The standard InChI is InChI=1S/C19H19N7O/c1-26(12-13-5-4-6-14(11-13)19-22-24-25-23-19)18(27)10-9-17-20-15-7-2-3-8-16(15)21-17/h2-8,11H,9-10,12H2,1H3,(H,20,21)(H,22,23,24,25). The Morgan fingerprint density at radius 3 is 2.85 bits per heavy atom. The third-order valence-electron chi connectivity index (χ3n) is 4.39. The van der Waals surface area contributed by atoms with Crippen LogP contribution in [0, 0.1) is 0 Å². The average molecular weight is 361 g/mol. The number of amides is 1. The lowest BCUT2D eigenvalue weighted by Crippen LogP contribution is -2.26. The number of aryl methyl sites for hydroxylation is 1. The van der Waals surface area contributed by atoms with Crippen LogP contribution in [0.15, 0.2) is 48.5 Å². The highest BCUT2D eigenvalue weighted by Gasteiger charge is 2.12. The first-order chi connectivity index (χ1) is 13.2. The lowest BCUT2D eigenvalue weighted by molar-refractivity contribution is -0.130. The second-order valence-electron chi connectivity index (χ2n) is 6.39. The van der Waals surface area contributed by atoms with Crippen LogP contribution in [-0.2, 0) is 17.8 Å². The van der Waals surface area contributed by atoms with Crippen LogP contribution in [0.4, 0.5) is 0 Å². The summed E-state index contributed by atoms with van der Waals surface area (Å²) in [6.07, 6.45) is 0.988. The zero-order chi connectivity index (χ0) is 18.6. The highest BCUT2D eigenvalue weighted by atomic mass is 16.2. The molecule has 2 aromatic heterocycles. The molecule has 0 saturated heterocycles. The molecule has 0 spiro atoms. The lowest BCUT2D eigenvalue weighted by Gasteiger charge is -2.17. The first-order valence-corrected chi connectivity index (χ1v) is 8.69. The van der Waals surface area contributed by atoms with Gasteiger partial charge in [-0.1, -0.05) is 30.3 Å². The Kier molecular flexibility index (Phi) is 4.61. The Bertz CT molecular complexity index is 1020. The van der Waals surface area contributed by atoms with Crippen LogP contribution in [0.3, 0.4) is 0 Å². The lowest BCUT2D eigenvalue weighted by atomic mass is 10.1. The molecule has 0 fully saturated rings. The molecule has 0 unspecified atom stereocenters. The molecule has 4 aromatic rings. The second-order valence-corrected chi connectivity index (χ2v) is 6.39. The minimum atomic E-state index is 0.0698. The van der Waals surface area contributed by atoms with Crippen LogP contribution in [0.1, 0.15) is 17.8 Å². The van der Waals surface area contributed by atoms with Gasteiger partial charge in [0.2, 0.25) is 11.7 Å². The van der Waals surface area contributed by atoms with Crippen LogP contribution in [-0.4, -0.2) is 48.4 Å². The summed E-state index contributed by atoms with van der Waals surface area (Å²) in [6, 6.07) is 15.6. The fourth-order valence-electron chi connectivity index (χ4n) is 3.00. The van der Waals surface area contributed by atoms with Gasteiger partial charge < -0.3 is 9.88 Å². The Balaban J connectivity index is 1.37. The van der Waals surface area contributed by atoms with Gasteiger partial charge in [-0.25, -0.2) is 4.98 Å². The van der Waals surface area contributed by atoms with Gasteiger partial charge in [0.05, 0.1) is 11.0 Å². The molecule has 4 rings (SSSR count). The predicted molar refractivity (Wildman–Crippen MR) is 101 cm³/mol. The number of hydrogen-bond acceptors (Lipinski definition) is 5. The van der Waals surface area contributed by atoms with Gasteiger partial charge in [0, 0.05) is 32.0 Å². The molecule has 1 amide bonds. The van der Waals surface area contributed by atoms with Crippen LogP contribution in [0.25, 0.3) is 22.4 Å². The molecule has 8 nitrogen and oxygen atoms in total. The summed E-state index contributed by atoms with van der Waals surface area (Å²) >= 11 is 0. The number of hydrogen-bond donors (Lipinski definition) is 2. The molecular weight excluding hydrogens is 342 g/mol. The van der Waals surface area contributed by atoms with Crippen molar-refractivity contribution in [1.82, 2.24) is 35.5 Å². The Hall–Kier alpha value is -3.55. The van der Waals surface area contributed by atoms with E-state index < -0.39 is 0 Å². The molecule has 0 atom stereocenters. The van der Waals surface area contributed by atoms with Crippen LogP contribution >= 0.6 is 0 Å². The first-order valence-electron chi connectivity index (χ1n) is 8.69. The summed E-state index contributed by atoms with van der Waals surface area (Å²) < 4.78 is 0. The van der Waals surface area contributed by atoms with Crippen LogP contribution in [0.5, 0.6) is 0 Å². The third kappa shape index (κ3) is 3.84. The topological polar surface area (TPSA) is 103 Å². The van der Waals surface area contributed by atoms with Crippen molar-refractivity contribution in [1.29, 1.82) is 0 Å². The van der Waals surface area contributed by atoms with E-state index in [1.165, 1.54) is 0 Å². The number of aromatic nitrogens is 6. The fourth-order valence-corrected chi connectivity index (χ4v) is 3.00. The second kappa shape index (κ2) is 7.36. The number of nitrogens with zero attached hydrogens (tertiary/aromatic N) is 5. The highest BCUT2D eigenvalue weighted by Crippen LogP contribution is 2.16. The summed E-state index contributed by atoms with van der Waals surface area (Å²) in [4.78, 5) is 22.0. The predicted octanol–water partition coefficient (Wildman–Crippen LogP) is 2.33.